The van der Waals surface area contributed by atoms with Crippen molar-refractivity contribution in [3.05, 3.63) is 52.0 Å². The van der Waals surface area contributed by atoms with Crippen LogP contribution in [0, 0.1) is 6.92 Å². The number of anilines is 1. The summed E-state index contributed by atoms with van der Waals surface area (Å²) in [5, 5.41) is 2.77. The van der Waals surface area contributed by atoms with Gasteiger partial charge in [-0.3, -0.25) is 9.59 Å². The largest absolute Gasteiger partial charge is 0.490 e. The Morgan fingerprint density at radius 3 is 2.71 bits per heavy atom. The molecule has 0 aromatic heterocycles. The van der Waals surface area contributed by atoms with Gasteiger partial charge in [-0.25, -0.2) is 0 Å². The average molecular weight is 392 g/mol. The number of carbonyl (C=O) groups excluding carboxylic acids is 2. The molecule has 0 aliphatic rings. The molecule has 0 saturated carbocycles. The minimum Gasteiger partial charge on any atom is -0.490 e. The molecule has 0 radical (unpaired) electrons. The zero-order chi connectivity index (χ0) is 17.5. The molecule has 0 saturated heterocycles. The fourth-order valence-corrected chi connectivity index (χ4v) is 2.69. The number of halogens is 1. The van der Waals surface area contributed by atoms with Crippen LogP contribution in [0.25, 0.3) is 0 Å². The van der Waals surface area contributed by atoms with Crippen molar-refractivity contribution in [3.8, 4) is 11.5 Å². The maximum absolute atomic E-state index is 12.1. The molecule has 0 aliphatic carbocycles. The third-order valence-corrected chi connectivity index (χ3v) is 3.71. The lowest BCUT2D eigenvalue weighted by molar-refractivity contribution is -0.118. The summed E-state index contributed by atoms with van der Waals surface area (Å²) in [6, 6.07) is 10.7. The second-order valence-electron chi connectivity index (χ2n) is 5.09. The molecule has 0 spiro atoms. The van der Waals surface area contributed by atoms with Crippen molar-refractivity contribution < 1.29 is 19.1 Å². The predicted molar refractivity (Wildman–Crippen MR) is 96.0 cm³/mol. The van der Waals surface area contributed by atoms with Gasteiger partial charge in [0.1, 0.15) is 6.29 Å². The van der Waals surface area contributed by atoms with Crippen molar-refractivity contribution in [2.45, 2.75) is 13.8 Å². The van der Waals surface area contributed by atoms with E-state index >= 15 is 0 Å². The highest BCUT2D eigenvalue weighted by atomic mass is 79.9. The lowest BCUT2D eigenvalue weighted by Crippen LogP contribution is -2.20. The SMILES string of the molecule is CCOc1cc(C=O)cc(Br)c1OCC(=O)Nc1cccc(C)c1. The van der Waals surface area contributed by atoms with Crippen LogP contribution in [0.1, 0.15) is 22.8 Å². The zero-order valence-electron chi connectivity index (χ0n) is 13.5. The first-order chi connectivity index (χ1) is 11.5. The van der Waals surface area contributed by atoms with Crippen LogP contribution in [-0.2, 0) is 4.79 Å². The van der Waals surface area contributed by atoms with E-state index in [0.717, 1.165) is 11.8 Å². The van der Waals surface area contributed by atoms with Crippen molar-refractivity contribution in [1.82, 2.24) is 0 Å². The van der Waals surface area contributed by atoms with Crippen molar-refractivity contribution in [2.75, 3.05) is 18.5 Å². The van der Waals surface area contributed by atoms with Crippen LogP contribution in [-0.4, -0.2) is 25.4 Å². The van der Waals surface area contributed by atoms with Crippen LogP contribution >= 0.6 is 15.9 Å². The van der Waals surface area contributed by atoms with Crippen LogP contribution in [0.3, 0.4) is 0 Å². The van der Waals surface area contributed by atoms with Gasteiger partial charge >= 0.3 is 0 Å². The maximum atomic E-state index is 12.1. The number of amides is 1. The molecule has 126 valence electrons. The smallest absolute Gasteiger partial charge is 0.262 e. The number of hydrogen-bond donors (Lipinski definition) is 1. The quantitative estimate of drug-likeness (QED) is 0.724. The van der Waals surface area contributed by atoms with Gasteiger partial charge in [-0.1, -0.05) is 12.1 Å². The number of carbonyl (C=O) groups is 2. The summed E-state index contributed by atoms with van der Waals surface area (Å²) >= 11 is 3.34. The fraction of sp³-hybridized carbons (Fsp3) is 0.222. The molecule has 0 heterocycles. The number of ether oxygens (including phenoxy) is 2. The molecule has 0 bridgehead atoms. The summed E-state index contributed by atoms with van der Waals surface area (Å²) in [5.74, 6) is 0.522. The number of aryl methyl sites for hydroxylation is 1. The van der Waals surface area contributed by atoms with E-state index < -0.39 is 0 Å². The highest BCUT2D eigenvalue weighted by molar-refractivity contribution is 9.10. The monoisotopic (exact) mass is 391 g/mol. The van der Waals surface area contributed by atoms with Gasteiger partial charge in [-0.15, -0.1) is 0 Å². The number of benzene rings is 2. The summed E-state index contributed by atoms with van der Waals surface area (Å²) in [6.07, 6.45) is 0.724. The van der Waals surface area contributed by atoms with Crippen molar-refractivity contribution in [1.29, 1.82) is 0 Å². The number of nitrogens with one attached hydrogen (secondary N) is 1. The Morgan fingerprint density at radius 2 is 2.04 bits per heavy atom. The molecule has 2 aromatic rings. The minimum absolute atomic E-state index is 0.174. The average Bonchev–Trinajstić information content (AvgIpc) is 2.54. The van der Waals surface area contributed by atoms with Crippen LogP contribution in [0.15, 0.2) is 40.9 Å². The third kappa shape index (κ3) is 4.83. The van der Waals surface area contributed by atoms with Gasteiger partial charge in [0.05, 0.1) is 11.1 Å². The van der Waals surface area contributed by atoms with Gasteiger partial charge in [-0.2, -0.15) is 0 Å². The lowest BCUT2D eigenvalue weighted by atomic mass is 10.2. The van der Waals surface area contributed by atoms with Crippen molar-refractivity contribution in [2.24, 2.45) is 0 Å². The number of rotatable bonds is 7. The van der Waals surface area contributed by atoms with Crippen molar-refractivity contribution >= 4 is 33.8 Å². The molecule has 1 N–H and O–H groups in total. The van der Waals surface area contributed by atoms with Gasteiger partial charge in [0.2, 0.25) is 0 Å². The number of aldehydes is 1. The second kappa shape index (κ2) is 8.49. The Kier molecular flexibility index (Phi) is 6.37. The lowest BCUT2D eigenvalue weighted by Gasteiger charge is -2.14. The molecule has 0 fully saturated rings. The molecule has 0 atom stereocenters. The third-order valence-electron chi connectivity index (χ3n) is 3.12. The summed E-state index contributed by atoms with van der Waals surface area (Å²) in [6.45, 7) is 4.02. The second-order valence-corrected chi connectivity index (χ2v) is 5.94. The van der Waals surface area contributed by atoms with E-state index in [1.54, 1.807) is 12.1 Å². The summed E-state index contributed by atoms with van der Waals surface area (Å²) < 4.78 is 11.6. The standard InChI is InChI=1S/C18H18BrNO4/c1-3-23-16-9-13(10-21)8-15(19)18(16)24-11-17(22)20-14-6-4-5-12(2)7-14/h4-10H,3,11H2,1-2H3,(H,20,22). The van der Waals surface area contributed by atoms with Gasteiger partial charge in [0, 0.05) is 11.3 Å². The van der Waals surface area contributed by atoms with E-state index in [-0.39, 0.29) is 12.5 Å². The highest BCUT2D eigenvalue weighted by Gasteiger charge is 2.14. The van der Waals surface area contributed by atoms with E-state index in [1.165, 1.54) is 0 Å². The Hall–Kier alpha value is -2.34. The van der Waals surface area contributed by atoms with Gasteiger partial charge in [-0.05, 0) is 59.6 Å². The van der Waals surface area contributed by atoms with Crippen LogP contribution in [0.4, 0.5) is 5.69 Å². The molecule has 1 amide bonds. The normalized spacial score (nSPS) is 10.1. The predicted octanol–water partition coefficient (Wildman–Crippen LogP) is 3.99. The van der Waals surface area contributed by atoms with E-state index in [9.17, 15) is 9.59 Å². The van der Waals surface area contributed by atoms with Crippen LogP contribution in [0.2, 0.25) is 0 Å². The molecule has 6 heteroatoms. The summed E-state index contributed by atoms with van der Waals surface area (Å²) in [5.41, 5.74) is 2.23. The van der Waals surface area contributed by atoms with Crippen LogP contribution < -0.4 is 14.8 Å². The van der Waals surface area contributed by atoms with Gasteiger partial charge in [0.25, 0.3) is 5.91 Å². The molecule has 24 heavy (non-hydrogen) atoms. The van der Waals surface area contributed by atoms with E-state index in [4.69, 9.17) is 9.47 Å². The fourth-order valence-electron chi connectivity index (χ4n) is 2.12. The minimum atomic E-state index is -0.283. The number of hydrogen-bond acceptors (Lipinski definition) is 4. The maximum Gasteiger partial charge on any atom is 0.262 e. The zero-order valence-corrected chi connectivity index (χ0v) is 15.1. The van der Waals surface area contributed by atoms with Crippen molar-refractivity contribution in [3.63, 3.8) is 0 Å². The molecule has 2 aromatic carbocycles. The van der Waals surface area contributed by atoms with Gasteiger partial charge in [0.15, 0.2) is 18.1 Å². The molecule has 5 nitrogen and oxygen atoms in total. The summed E-state index contributed by atoms with van der Waals surface area (Å²) in [7, 11) is 0. The van der Waals surface area contributed by atoms with E-state index in [2.05, 4.69) is 21.2 Å². The van der Waals surface area contributed by atoms with E-state index in [0.29, 0.717) is 33.8 Å². The molecular formula is C18H18BrNO4. The first-order valence-electron chi connectivity index (χ1n) is 7.44. The van der Waals surface area contributed by atoms with Crippen LogP contribution in [0.5, 0.6) is 11.5 Å². The Bertz CT molecular complexity index is 746. The summed E-state index contributed by atoms with van der Waals surface area (Å²) in [4.78, 5) is 23.0. The topological polar surface area (TPSA) is 64.6 Å². The Morgan fingerprint density at radius 1 is 1.25 bits per heavy atom. The van der Waals surface area contributed by atoms with E-state index in [1.807, 2.05) is 38.1 Å². The molecule has 2 rings (SSSR count). The molecule has 0 unspecified atom stereocenters. The van der Waals surface area contributed by atoms with Gasteiger partial charge < -0.3 is 14.8 Å². The molecular weight excluding hydrogens is 374 g/mol. The molecule has 0 aliphatic heterocycles. The highest BCUT2D eigenvalue weighted by Crippen LogP contribution is 2.36. The first-order valence-corrected chi connectivity index (χ1v) is 8.23. The first kappa shape index (κ1) is 18.0. The Balaban J connectivity index is 2.07. The Labute approximate surface area is 149 Å².